The molecule has 1 aromatic carbocycles. The van der Waals surface area contributed by atoms with Crippen molar-refractivity contribution >= 4 is 11.6 Å². The van der Waals surface area contributed by atoms with E-state index in [2.05, 4.69) is 5.32 Å². The number of halogens is 3. The standard InChI is InChI=1S/C15H19F3N2O/c16-15(17,18)11-5-3-6-12(9-11)20-13-7-2-1-4-10(13)8-14(19)21/h1-2,4,7,11-12,20H,3,5-6,8-9H2,(H2,19,21). The average Bonchev–Trinajstić information content (AvgIpc) is 2.40. The van der Waals surface area contributed by atoms with Crippen LogP contribution in [0.15, 0.2) is 24.3 Å². The highest BCUT2D eigenvalue weighted by Crippen LogP contribution is 2.38. The van der Waals surface area contributed by atoms with E-state index >= 15 is 0 Å². The average molecular weight is 300 g/mol. The van der Waals surface area contributed by atoms with Crippen molar-refractivity contribution < 1.29 is 18.0 Å². The van der Waals surface area contributed by atoms with Crippen LogP contribution in [0.5, 0.6) is 0 Å². The summed E-state index contributed by atoms with van der Waals surface area (Å²) in [5.74, 6) is -1.70. The molecular formula is C15H19F3N2O. The third-order valence-electron chi connectivity index (χ3n) is 3.88. The number of para-hydroxylation sites is 1. The number of amides is 1. The first kappa shape index (κ1) is 15.7. The van der Waals surface area contributed by atoms with E-state index in [9.17, 15) is 18.0 Å². The smallest absolute Gasteiger partial charge is 0.382 e. The number of rotatable bonds is 4. The van der Waals surface area contributed by atoms with Gasteiger partial charge in [0.1, 0.15) is 0 Å². The van der Waals surface area contributed by atoms with E-state index in [-0.39, 0.29) is 25.3 Å². The summed E-state index contributed by atoms with van der Waals surface area (Å²) in [5.41, 5.74) is 6.61. The lowest BCUT2D eigenvalue weighted by atomic mass is 9.85. The number of primary amides is 1. The van der Waals surface area contributed by atoms with Crippen molar-refractivity contribution in [3.05, 3.63) is 29.8 Å². The van der Waals surface area contributed by atoms with Crippen LogP contribution < -0.4 is 11.1 Å². The van der Waals surface area contributed by atoms with Crippen LogP contribution in [0.25, 0.3) is 0 Å². The molecule has 0 heterocycles. The fourth-order valence-corrected chi connectivity index (χ4v) is 2.84. The molecule has 0 bridgehead atoms. The molecule has 21 heavy (non-hydrogen) atoms. The van der Waals surface area contributed by atoms with Crippen LogP contribution in [0, 0.1) is 5.92 Å². The molecule has 2 rings (SSSR count). The molecule has 0 radical (unpaired) electrons. The number of hydrogen-bond acceptors (Lipinski definition) is 2. The van der Waals surface area contributed by atoms with Gasteiger partial charge in [-0.3, -0.25) is 4.79 Å². The minimum atomic E-state index is -4.13. The topological polar surface area (TPSA) is 55.1 Å². The first-order valence-corrected chi connectivity index (χ1v) is 7.05. The Kier molecular flexibility index (Phi) is 4.75. The third-order valence-corrected chi connectivity index (χ3v) is 3.88. The molecule has 0 aliphatic heterocycles. The zero-order chi connectivity index (χ0) is 15.5. The number of nitrogens with two attached hydrogens (primary N) is 1. The zero-order valence-electron chi connectivity index (χ0n) is 11.6. The molecule has 0 aromatic heterocycles. The lowest BCUT2D eigenvalue weighted by Gasteiger charge is -2.32. The van der Waals surface area contributed by atoms with Crippen molar-refractivity contribution in [1.29, 1.82) is 0 Å². The van der Waals surface area contributed by atoms with Gasteiger partial charge >= 0.3 is 6.18 Å². The van der Waals surface area contributed by atoms with Crippen LogP contribution in [0.3, 0.4) is 0 Å². The minimum absolute atomic E-state index is 0.0778. The van der Waals surface area contributed by atoms with Gasteiger partial charge in [-0.05, 0) is 30.9 Å². The molecule has 1 aromatic rings. The number of nitrogens with one attached hydrogen (secondary N) is 1. The van der Waals surface area contributed by atoms with Crippen LogP contribution in [0.4, 0.5) is 18.9 Å². The van der Waals surface area contributed by atoms with Gasteiger partial charge in [0, 0.05) is 11.7 Å². The minimum Gasteiger partial charge on any atom is -0.382 e. The Morgan fingerprint density at radius 2 is 2.00 bits per heavy atom. The summed E-state index contributed by atoms with van der Waals surface area (Å²) >= 11 is 0. The van der Waals surface area contributed by atoms with Crippen LogP contribution in [0.1, 0.15) is 31.2 Å². The Balaban J connectivity index is 2.06. The second-order valence-corrected chi connectivity index (χ2v) is 5.55. The molecule has 6 heteroatoms. The van der Waals surface area contributed by atoms with Crippen molar-refractivity contribution in [2.45, 2.75) is 44.3 Å². The Bertz CT molecular complexity index is 502. The molecule has 2 atom stereocenters. The SMILES string of the molecule is NC(=O)Cc1ccccc1NC1CCCC(C(F)(F)F)C1. The van der Waals surface area contributed by atoms with E-state index < -0.39 is 18.0 Å². The number of carbonyl (C=O) groups is 1. The maximum Gasteiger partial charge on any atom is 0.391 e. The Labute approximate surface area is 121 Å². The van der Waals surface area contributed by atoms with Gasteiger partial charge in [-0.15, -0.1) is 0 Å². The lowest BCUT2D eigenvalue weighted by Crippen LogP contribution is -2.34. The van der Waals surface area contributed by atoms with Crippen LogP contribution in [-0.4, -0.2) is 18.1 Å². The van der Waals surface area contributed by atoms with E-state index in [0.29, 0.717) is 18.5 Å². The molecule has 3 nitrogen and oxygen atoms in total. The van der Waals surface area contributed by atoms with Gasteiger partial charge in [0.2, 0.25) is 5.91 Å². The fourth-order valence-electron chi connectivity index (χ4n) is 2.84. The highest BCUT2D eigenvalue weighted by Gasteiger charge is 2.42. The van der Waals surface area contributed by atoms with Crippen LogP contribution in [0.2, 0.25) is 0 Å². The van der Waals surface area contributed by atoms with Crippen LogP contribution in [-0.2, 0) is 11.2 Å². The molecule has 2 unspecified atom stereocenters. The summed E-state index contributed by atoms with van der Waals surface area (Å²) in [7, 11) is 0. The highest BCUT2D eigenvalue weighted by molar-refractivity contribution is 5.78. The first-order chi connectivity index (χ1) is 9.86. The van der Waals surface area contributed by atoms with Gasteiger partial charge in [0.05, 0.1) is 12.3 Å². The summed E-state index contributed by atoms with van der Waals surface area (Å²) in [6.45, 7) is 0. The monoisotopic (exact) mass is 300 g/mol. The van der Waals surface area contributed by atoms with Gasteiger partial charge in [-0.25, -0.2) is 0 Å². The zero-order valence-corrected chi connectivity index (χ0v) is 11.6. The van der Waals surface area contributed by atoms with Gasteiger partial charge in [-0.2, -0.15) is 13.2 Å². The normalized spacial score (nSPS) is 22.8. The molecular weight excluding hydrogens is 281 g/mol. The molecule has 0 spiro atoms. The lowest BCUT2D eigenvalue weighted by molar-refractivity contribution is -0.182. The Morgan fingerprint density at radius 1 is 1.29 bits per heavy atom. The Morgan fingerprint density at radius 3 is 2.67 bits per heavy atom. The summed E-state index contributed by atoms with van der Waals surface area (Å²) in [6.07, 6.45) is -2.51. The van der Waals surface area contributed by atoms with Crippen molar-refractivity contribution in [2.75, 3.05) is 5.32 Å². The maximum absolute atomic E-state index is 12.8. The largest absolute Gasteiger partial charge is 0.391 e. The van der Waals surface area contributed by atoms with Crippen molar-refractivity contribution in [3.63, 3.8) is 0 Å². The molecule has 1 aliphatic carbocycles. The first-order valence-electron chi connectivity index (χ1n) is 7.05. The summed E-state index contributed by atoms with van der Waals surface area (Å²) in [5, 5.41) is 3.15. The van der Waals surface area contributed by atoms with Gasteiger partial charge < -0.3 is 11.1 Å². The Hall–Kier alpha value is -1.72. The predicted molar refractivity (Wildman–Crippen MR) is 74.8 cm³/mol. The van der Waals surface area contributed by atoms with E-state index in [1.807, 2.05) is 0 Å². The van der Waals surface area contributed by atoms with Gasteiger partial charge in [0.25, 0.3) is 0 Å². The molecule has 116 valence electrons. The summed E-state index contributed by atoms with van der Waals surface area (Å²) in [6, 6.07) is 6.88. The number of anilines is 1. The molecule has 1 amide bonds. The number of benzene rings is 1. The molecule has 1 saturated carbocycles. The van der Waals surface area contributed by atoms with Crippen molar-refractivity contribution in [2.24, 2.45) is 11.7 Å². The number of hydrogen-bond donors (Lipinski definition) is 2. The third kappa shape index (κ3) is 4.37. The van der Waals surface area contributed by atoms with E-state index in [4.69, 9.17) is 5.73 Å². The van der Waals surface area contributed by atoms with Gasteiger partial charge in [0.15, 0.2) is 0 Å². The summed E-state index contributed by atoms with van der Waals surface area (Å²) < 4.78 is 38.4. The van der Waals surface area contributed by atoms with E-state index in [0.717, 1.165) is 5.56 Å². The van der Waals surface area contributed by atoms with E-state index in [1.54, 1.807) is 24.3 Å². The fraction of sp³-hybridized carbons (Fsp3) is 0.533. The molecule has 3 N–H and O–H groups in total. The number of alkyl halides is 3. The van der Waals surface area contributed by atoms with Crippen molar-refractivity contribution in [1.82, 2.24) is 0 Å². The van der Waals surface area contributed by atoms with Crippen molar-refractivity contribution in [3.8, 4) is 0 Å². The molecule has 0 saturated heterocycles. The molecule has 1 fully saturated rings. The summed E-state index contributed by atoms with van der Waals surface area (Å²) in [4.78, 5) is 11.0. The second kappa shape index (κ2) is 6.37. The quantitative estimate of drug-likeness (QED) is 0.897. The van der Waals surface area contributed by atoms with Gasteiger partial charge in [-0.1, -0.05) is 24.6 Å². The highest BCUT2D eigenvalue weighted by atomic mass is 19.4. The number of carbonyl (C=O) groups excluding carboxylic acids is 1. The van der Waals surface area contributed by atoms with E-state index in [1.165, 1.54) is 0 Å². The van der Waals surface area contributed by atoms with Crippen LogP contribution >= 0.6 is 0 Å². The molecule has 1 aliphatic rings. The predicted octanol–water partition coefficient (Wildman–Crippen LogP) is 3.25. The maximum atomic E-state index is 12.8. The second-order valence-electron chi connectivity index (χ2n) is 5.55.